The Balaban J connectivity index is 1.69. The summed E-state index contributed by atoms with van der Waals surface area (Å²) in [4.78, 5) is 10.6. The first kappa shape index (κ1) is 14.7. The Morgan fingerprint density at radius 2 is 1.79 bits per heavy atom. The molecule has 1 aliphatic rings. The third-order valence-electron chi connectivity index (χ3n) is 4.09. The van der Waals surface area contributed by atoms with E-state index in [1.807, 2.05) is 42.5 Å². The number of morpholine rings is 1. The molecule has 1 aromatic heterocycles. The molecule has 2 heterocycles. The van der Waals surface area contributed by atoms with Crippen molar-refractivity contribution in [2.24, 2.45) is 0 Å². The van der Waals surface area contributed by atoms with E-state index < -0.39 is 0 Å². The molecule has 122 valence electrons. The van der Waals surface area contributed by atoms with Crippen molar-refractivity contribution in [3.05, 3.63) is 48.8 Å². The van der Waals surface area contributed by atoms with E-state index >= 15 is 0 Å². The van der Waals surface area contributed by atoms with Crippen LogP contribution in [-0.2, 0) is 4.74 Å². The van der Waals surface area contributed by atoms with Gasteiger partial charge in [0.05, 0.1) is 13.2 Å². The highest BCUT2D eigenvalue weighted by molar-refractivity contribution is 5.88. The lowest BCUT2D eigenvalue weighted by Crippen LogP contribution is -2.37. The van der Waals surface area contributed by atoms with Gasteiger partial charge in [0.15, 0.2) is 5.82 Å². The first-order chi connectivity index (χ1) is 11.8. The maximum absolute atomic E-state index is 6.27. The minimum atomic E-state index is 0.378. The molecule has 0 amide bonds. The van der Waals surface area contributed by atoms with Crippen LogP contribution in [0.3, 0.4) is 0 Å². The van der Waals surface area contributed by atoms with E-state index in [2.05, 4.69) is 14.9 Å². The van der Waals surface area contributed by atoms with Crippen LogP contribution in [0, 0.1) is 0 Å². The van der Waals surface area contributed by atoms with Gasteiger partial charge in [-0.25, -0.2) is 4.98 Å². The van der Waals surface area contributed by atoms with Crippen molar-refractivity contribution in [1.82, 2.24) is 9.97 Å². The van der Waals surface area contributed by atoms with Crippen molar-refractivity contribution in [3.63, 3.8) is 0 Å². The molecule has 1 saturated heterocycles. The summed E-state index contributed by atoms with van der Waals surface area (Å²) in [5, 5.41) is 2.13. The maximum atomic E-state index is 6.27. The molecule has 0 aliphatic carbocycles. The number of hydrogen-bond acceptors (Lipinski definition) is 6. The van der Waals surface area contributed by atoms with Crippen LogP contribution in [0.1, 0.15) is 0 Å². The molecule has 0 spiro atoms. The first-order valence-corrected chi connectivity index (χ1v) is 7.92. The third kappa shape index (κ3) is 2.72. The number of benzene rings is 2. The Morgan fingerprint density at radius 1 is 1.00 bits per heavy atom. The van der Waals surface area contributed by atoms with Gasteiger partial charge in [-0.3, -0.25) is 0 Å². The van der Waals surface area contributed by atoms with Crippen molar-refractivity contribution in [1.29, 1.82) is 0 Å². The zero-order valence-electron chi connectivity index (χ0n) is 13.2. The van der Waals surface area contributed by atoms with E-state index in [0.29, 0.717) is 30.6 Å². The van der Waals surface area contributed by atoms with Crippen LogP contribution in [0.15, 0.2) is 48.8 Å². The van der Waals surface area contributed by atoms with Crippen molar-refractivity contribution < 1.29 is 9.47 Å². The van der Waals surface area contributed by atoms with Gasteiger partial charge in [-0.2, -0.15) is 4.98 Å². The molecule has 2 aromatic carbocycles. The number of aromatic nitrogens is 2. The Hall–Kier alpha value is -2.86. The van der Waals surface area contributed by atoms with Crippen LogP contribution in [0.5, 0.6) is 11.6 Å². The fourth-order valence-corrected chi connectivity index (χ4v) is 2.87. The molecule has 6 heteroatoms. The van der Waals surface area contributed by atoms with Gasteiger partial charge in [0, 0.05) is 18.5 Å². The van der Waals surface area contributed by atoms with Gasteiger partial charge in [-0.15, -0.1) is 0 Å². The highest BCUT2D eigenvalue weighted by Gasteiger charge is 2.19. The second-order valence-electron chi connectivity index (χ2n) is 5.59. The number of nitrogen functional groups attached to an aromatic ring is 1. The average Bonchev–Trinajstić information content (AvgIpc) is 2.64. The lowest BCUT2D eigenvalue weighted by molar-refractivity contribution is 0.122. The third-order valence-corrected chi connectivity index (χ3v) is 4.09. The minimum Gasteiger partial charge on any atom is -0.436 e. The Labute approximate surface area is 139 Å². The molecule has 6 nitrogen and oxygen atoms in total. The molecule has 1 fully saturated rings. The average molecular weight is 322 g/mol. The molecule has 24 heavy (non-hydrogen) atoms. The summed E-state index contributed by atoms with van der Waals surface area (Å²) in [6, 6.07) is 14.0. The maximum Gasteiger partial charge on any atom is 0.248 e. The lowest BCUT2D eigenvalue weighted by Gasteiger charge is -2.28. The lowest BCUT2D eigenvalue weighted by atomic mass is 10.1. The second-order valence-corrected chi connectivity index (χ2v) is 5.59. The molecule has 0 radical (unpaired) electrons. The summed E-state index contributed by atoms with van der Waals surface area (Å²) >= 11 is 0. The smallest absolute Gasteiger partial charge is 0.248 e. The van der Waals surface area contributed by atoms with E-state index in [1.54, 1.807) is 0 Å². The summed E-state index contributed by atoms with van der Waals surface area (Å²) in [5.74, 6) is 1.80. The molecule has 0 bridgehead atoms. The molecular formula is C18H18N4O2. The molecule has 0 unspecified atom stereocenters. The van der Waals surface area contributed by atoms with E-state index in [1.165, 1.54) is 6.33 Å². The summed E-state index contributed by atoms with van der Waals surface area (Å²) in [7, 11) is 0. The zero-order chi connectivity index (χ0) is 16.4. The van der Waals surface area contributed by atoms with Crippen molar-refractivity contribution in [2.45, 2.75) is 0 Å². The van der Waals surface area contributed by atoms with Gasteiger partial charge in [0.2, 0.25) is 5.88 Å². The molecule has 0 saturated carbocycles. The van der Waals surface area contributed by atoms with Crippen LogP contribution in [-0.4, -0.2) is 36.3 Å². The molecule has 0 atom stereocenters. The second kappa shape index (κ2) is 6.33. The van der Waals surface area contributed by atoms with Gasteiger partial charge in [0.25, 0.3) is 0 Å². The summed E-state index contributed by atoms with van der Waals surface area (Å²) < 4.78 is 11.4. The Morgan fingerprint density at radius 3 is 2.67 bits per heavy atom. The van der Waals surface area contributed by atoms with Crippen LogP contribution in [0.2, 0.25) is 0 Å². The standard InChI is InChI=1S/C18H18N4O2/c19-16-17(22-8-10-23-11-9-22)20-12-21-18(16)24-15-7-3-5-13-4-1-2-6-14(13)15/h1-7,12H,8-11,19H2. The number of rotatable bonds is 3. The van der Waals surface area contributed by atoms with E-state index in [-0.39, 0.29) is 0 Å². The van der Waals surface area contributed by atoms with Gasteiger partial charge < -0.3 is 20.1 Å². The van der Waals surface area contributed by atoms with E-state index in [4.69, 9.17) is 15.2 Å². The number of nitrogens with two attached hydrogens (primary N) is 1. The molecule has 4 rings (SSSR count). The summed E-state index contributed by atoms with van der Waals surface area (Å²) in [6.07, 6.45) is 1.49. The predicted octanol–water partition coefficient (Wildman–Crippen LogP) is 2.84. The molecular weight excluding hydrogens is 304 g/mol. The van der Waals surface area contributed by atoms with Crippen molar-refractivity contribution in [2.75, 3.05) is 36.9 Å². The van der Waals surface area contributed by atoms with Gasteiger partial charge in [0.1, 0.15) is 17.8 Å². The Kier molecular flexibility index (Phi) is 3.88. The number of ether oxygens (including phenoxy) is 2. The number of anilines is 2. The monoisotopic (exact) mass is 322 g/mol. The molecule has 2 N–H and O–H groups in total. The van der Waals surface area contributed by atoms with Gasteiger partial charge in [-0.1, -0.05) is 36.4 Å². The molecule has 1 aliphatic heterocycles. The SMILES string of the molecule is Nc1c(Oc2cccc3ccccc23)ncnc1N1CCOCC1. The normalized spacial score (nSPS) is 14.8. The zero-order valence-corrected chi connectivity index (χ0v) is 13.2. The molecule has 3 aromatic rings. The van der Waals surface area contributed by atoms with Crippen LogP contribution in [0.25, 0.3) is 10.8 Å². The Bertz CT molecular complexity index is 857. The largest absolute Gasteiger partial charge is 0.436 e. The van der Waals surface area contributed by atoms with Gasteiger partial charge in [-0.05, 0) is 11.5 Å². The summed E-state index contributed by atoms with van der Waals surface area (Å²) in [6.45, 7) is 2.86. The fraction of sp³-hybridized carbons (Fsp3) is 0.222. The topological polar surface area (TPSA) is 73.5 Å². The number of hydrogen-bond donors (Lipinski definition) is 1. The highest BCUT2D eigenvalue weighted by atomic mass is 16.5. The van der Waals surface area contributed by atoms with Gasteiger partial charge >= 0.3 is 0 Å². The van der Waals surface area contributed by atoms with Crippen LogP contribution < -0.4 is 15.4 Å². The number of fused-ring (bicyclic) bond motifs is 1. The van der Waals surface area contributed by atoms with E-state index in [0.717, 1.165) is 29.6 Å². The van der Waals surface area contributed by atoms with Crippen molar-refractivity contribution >= 4 is 22.3 Å². The van der Waals surface area contributed by atoms with Crippen LogP contribution >= 0.6 is 0 Å². The predicted molar refractivity (Wildman–Crippen MR) is 93.5 cm³/mol. The fourth-order valence-electron chi connectivity index (χ4n) is 2.87. The summed E-state index contributed by atoms with van der Waals surface area (Å²) in [5.41, 5.74) is 6.72. The van der Waals surface area contributed by atoms with E-state index in [9.17, 15) is 0 Å². The van der Waals surface area contributed by atoms with Crippen molar-refractivity contribution in [3.8, 4) is 11.6 Å². The first-order valence-electron chi connectivity index (χ1n) is 7.92. The quantitative estimate of drug-likeness (QED) is 0.799. The van der Waals surface area contributed by atoms with Crippen LogP contribution in [0.4, 0.5) is 11.5 Å². The number of nitrogens with zero attached hydrogens (tertiary/aromatic N) is 3. The highest BCUT2D eigenvalue weighted by Crippen LogP contribution is 2.34. The minimum absolute atomic E-state index is 0.378.